The monoisotopic (exact) mass is 328 g/mol. The van der Waals surface area contributed by atoms with Crippen LogP contribution in [0.3, 0.4) is 0 Å². The second kappa shape index (κ2) is 6.54. The molecule has 0 radical (unpaired) electrons. The van der Waals surface area contributed by atoms with E-state index in [1.54, 1.807) is 24.3 Å². The Hall–Kier alpha value is -1.90. The van der Waals surface area contributed by atoms with Crippen molar-refractivity contribution in [1.82, 2.24) is 4.90 Å². The molecule has 2 aliphatic rings. The van der Waals surface area contributed by atoms with Gasteiger partial charge in [0.2, 0.25) is 0 Å². The van der Waals surface area contributed by atoms with Crippen LogP contribution >= 0.6 is 0 Å². The fourth-order valence-corrected chi connectivity index (χ4v) is 3.81. The van der Waals surface area contributed by atoms with E-state index in [4.69, 9.17) is 10.00 Å². The molecule has 2 heterocycles. The van der Waals surface area contributed by atoms with Gasteiger partial charge in [-0.2, -0.15) is 5.26 Å². The van der Waals surface area contributed by atoms with Crippen molar-refractivity contribution in [1.29, 1.82) is 5.26 Å². The first kappa shape index (κ1) is 16.9. The molecule has 0 bridgehead atoms. The summed E-state index contributed by atoms with van der Waals surface area (Å²) in [6.07, 6.45) is 3.62. The normalized spacial score (nSPS) is 26.1. The van der Waals surface area contributed by atoms with Gasteiger partial charge in [0.05, 0.1) is 29.4 Å². The Morgan fingerprint density at radius 3 is 2.54 bits per heavy atom. The summed E-state index contributed by atoms with van der Waals surface area (Å²) in [6, 6.07) is 8.81. The molecule has 0 aromatic heterocycles. The third-order valence-corrected chi connectivity index (χ3v) is 5.51. The first-order valence-corrected chi connectivity index (χ1v) is 8.65. The number of amides is 1. The van der Waals surface area contributed by atoms with E-state index >= 15 is 0 Å². The number of carbonyl (C=O) groups is 1. The van der Waals surface area contributed by atoms with Crippen LogP contribution in [0.25, 0.3) is 0 Å². The average Bonchev–Trinajstić information content (AvgIpc) is 2.62. The van der Waals surface area contributed by atoms with Crippen molar-refractivity contribution in [3.63, 3.8) is 0 Å². The summed E-state index contributed by atoms with van der Waals surface area (Å²) in [5, 5.41) is 19.5. The number of hydrogen-bond acceptors (Lipinski definition) is 4. The zero-order chi connectivity index (χ0) is 17.2. The highest BCUT2D eigenvalue weighted by atomic mass is 16.5. The minimum absolute atomic E-state index is 0.00379. The van der Waals surface area contributed by atoms with Crippen LogP contribution in [-0.4, -0.2) is 46.8 Å². The molecule has 1 N–H and O–H groups in total. The lowest BCUT2D eigenvalue weighted by Crippen LogP contribution is -2.55. The highest BCUT2D eigenvalue weighted by Crippen LogP contribution is 2.41. The number of hydrogen-bond donors (Lipinski definition) is 1. The molecule has 1 aromatic carbocycles. The first-order valence-electron chi connectivity index (χ1n) is 8.65. The maximum Gasteiger partial charge on any atom is 0.253 e. The predicted octanol–water partition coefficient (Wildman–Crippen LogP) is 2.48. The number of piperidine rings is 1. The van der Waals surface area contributed by atoms with Gasteiger partial charge in [-0.1, -0.05) is 6.92 Å². The smallest absolute Gasteiger partial charge is 0.253 e. The van der Waals surface area contributed by atoms with Gasteiger partial charge in [0.25, 0.3) is 5.91 Å². The van der Waals surface area contributed by atoms with Crippen molar-refractivity contribution >= 4 is 5.91 Å². The number of ether oxygens (including phenoxy) is 1. The van der Waals surface area contributed by atoms with Gasteiger partial charge < -0.3 is 14.7 Å². The number of nitrogens with zero attached hydrogens (tertiary/aromatic N) is 2. The van der Waals surface area contributed by atoms with Crippen LogP contribution in [0.2, 0.25) is 0 Å². The first-order chi connectivity index (χ1) is 11.5. The van der Waals surface area contributed by atoms with Crippen LogP contribution in [0.1, 0.15) is 54.9 Å². The molecular formula is C19H24N2O3. The van der Waals surface area contributed by atoms with E-state index in [2.05, 4.69) is 6.07 Å². The van der Waals surface area contributed by atoms with E-state index in [-0.39, 0.29) is 11.5 Å². The lowest BCUT2D eigenvalue weighted by Gasteiger charge is -2.49. The molecule has 5 nitrogen and oxygen atoms in total. The number of rotatable bonds is 2. The molecule has 5 heteroatoms. The lowest BCUT2D eigenvalue weighted by molar-refractivity contribution is -0.176. The lowest BCUT2D eigenvalue weighted by atomic mass is 9.76. The van der Waals surface area contributed by atoms with Gasteiger partial charge in [-0.3, -0.25) is 4.79 Å². The van der Waals surface area contributed by atoms with Crippen molar-refractivity contribution < 1.29 is 14.6 Å². The SMILES string of the molecule is CCC1(O)CCOC2(CCN(C(=O)c3ccc(C#N)cc3)CC2)C1. The van der Waals surface area contributed by atoms with Crippen LogP contribution in [-0.2, 0) is 4.74 Å². The van der Waals surface area contributed by atoms with Gasteiger partial charge in [-0.05, 0) is 49.9 Å². The van der Waals surface area contributed by atoms with E-state index in [0.29, 0.717) is 43.7 Å². The van der Waals surface area contributed by atoms with E-state index in [9.17, 15) is 9.90 Å². The molecule has 128 valence electrons. The molecule has 1 atom stereocenters. The zero-order valence-electron chi connectivity index (χ0n) is 14.1. The average molecular weight is 328 g/mol. The Kier molecular flexibility index (Phi) is 4.62. The molecule has 24 heavy (non-hydrogen) atoms. The second-order valence-corrected chi connectivity index (χ2v) is 7.02. The number of benzene rings is 1. The Bertz CT molecular complexity index is 642. The summed E-state index contributed by atoms with van der Waals surface area (Å²) in [6.45, 7) is 3.88. The van der Waals surface area contributed by atoms with Gasteiger partial charge >= 0.3 is 0 Å². The summed E-state index contributed by atoms with van der Waals surface area (Å²) < 4.78 is 6.03. The summed E-state index contributed by atoms with van der Waals surface area (Å²) in [7, 11) is 0. The maximum absolute atomic E-state index is 12.6. The second-order valence-electron chi connectivity index (χ2n) is 7.02. The predicted molar refractivity (Wildman–Crippen MR) is 89.5 cm³/mol. The minimum atomic E-state index is -0.627. The molecule has 3 rings (SSSR count). The van der Waals surface area contributed by atoms with Crippen molar-refractivity contribution in [3.05, 3.63) is 35.4 Å². The number of aliphatic hydroxyl groups is 1. The summed E-state index contributed by atoms with van der Waals surface area (Å²) in [5.41, 5.74) is 0.250. The van der Waals surface area contributed by atoms with Crippen molar-refractivity contribution in [2.45, 2.75) is 50.2 Å². The van der Waals surface area contributed by atoms with E-state index in [1.807, 2.05) is 11.8 Å². The summed E-state index contributed by atoms with van der Waals surface area (Å²) in [5.74, 6) is -0.00379. The molecule has 0 saturated carbocycles. The van der Waals surface area contributed by atoms with E-state index in [1.165, 1.54) is 0 Å². The fraction of sp³-hybridized carbons (Fsp3) is 0.579. The third kappa shape index (κ3) is 3.31. The molecule has 1 unspecified atom stereocenters. The van der Waals surface area contributed by atoms with Gasteiger partial charge in [-0.25, -0.2) is 0 Å². The van der Waals surface area contributed by atoms with Crippen molar-refractivity contribution in [3.8, 4) is 6.07 Å². The summed E-state index contributed by atoms with van der Waals surface area (Å²) >= 11 is 0. The molecule has 2 saturated heterocycles. The zero-order valence-corrected chi connectivity index (χ0v) is 14.1. The fourth-order valence-electron chi connectivity index (χ4n) is 3.81. The largest absolute Gasteiger partial charge is 0.390 e. The Balaban J connectivity index is 1.64. The summed E-state index contributed by atoms with van der Waals surface area (Å²) in [4.78, 5) is 14.4. The van der Waals surface area contributed by atoms with Crippen LogP contribution in [0.15, 0.2) is 24.3 Å². The molecule has 1 amide bonds. The van der Waals surface area contributed by atoms with E-state index in [0.717, 1.165) is 19.3 Å². The Labute approximate surface area is 142 Å². The molecule has 2 aliphatic heterocycles. The van der Waals surface area contributed by atoms with Gasteiger partial charge in [0.1, 0.15) is 0 Å². The third-order valence-electron chi connectivity index (χ3n) is 5.51. The van der Waals surface area contributed by atoms with Crippen LogP contribution in [0.4, 0.5) is 0 Å². The standard InChI is InChI=1S/C19H24N2O3/c1-2-18(23)9-12-24-19(14-18)7-10-21(11-8-19)17(22)16-5-3-15(13-20)4-6-16/h3-6,23H,2,7-12,14H2,1H3. The van der Waals surface area contributed by atoms with Crippen molar-refractivity contribution in [2.24, 2.45) is 0 Å². The van der Waals surface area contributed by atoms with Gasteiger partial charge in [0.15, 0.2) is 0 Å². The highest BCUT2D eigenvalue weighted by molar-refractivity contribution is 5.94. The van der Waals surface area contributed by atoms with Crippen LogP contribution in [0, 0.1) is 11.3 Å². The van der Waals surface area contributed by atoms with Gasteiger partial charge in [0, 0.05) is 25.1 Å². The number of carbonyl (C=O) groups excluding carboxylic acids is 1. The van der Waals surface area contributed by atoms with E-state index < -0.39 is 5.60 Å². The minimum Gasteiger partial charge on any atom is -0.390 e. The van der Waals surface area contributed by atoms with Crippen molar-refractivity contribution in [2.75, 3.05) is 19.7 Å². The molecule has 0 aliphatic carbocycles. The van der Waals surface area contributed by atoms with Crippen LogP contribution < -0.4 is 0 Å². The maximum atomic E-state index is 12.6. The Morgan fingerprint density at radius 1 is 1.29 bits per heavy atom. The number of nitriles is 1. The van der Waals surface area contributed by atoms with Gasteiger partial charge in [-0.15, -0.1) is 0 Å². The molecule has 2 fully saturated rings. The molecule has 1 aromatic rings. The molecular weight excluding hydrogens is 304 g/mol. The Morgan fingerprint density at radius 2 is 1.96 bits per heavy atom. The van der Waals surface area contributed by atoms with Crippen LogP contribution in [0.5, 0.6) is 0 Å². The number of likely N-dealkylation sites (tertiary alicyclic amines) is 1. The molecule has 1 spiro atoms. The quantitative estimate of drug-likeness (QED) is 0.905. The topological polar surface area (TPSA) is 73.6 Å². The highest BCUT2D eigenvalue weighted by Gasteiger charge is 2.46.